The standard InChI is InChI=1S/C19H21NO/c1-14-7-8-16-13-20(17-5-3-2-4-6-17)18(21)19(16)11-9-15(14)10-12-19/h2-9,11,14-16H,10,12-13H2,1H3/t14-,15+,16-,19+/m1/s1. The first-order chi connectivity index (χ1) is 10.2. The van der Waals surface area contributed by atoms with Crippen LogP contribution in [0.1, 0.15) is 19.8 Å². The van der Waals surface area contributed by atoms with Crippen LogP contribution >= 0.6 is 0 Å². The van der Waals surface area contributed by atoms with Gasteiger partial charge in [0.1, 0.15) is 0 Å². The van der Waals surface area contributed by atoms with Gasteiger partial charge in [-0.1, -0.05) is 49.4 Å². The van der Waals surface area contributed by atoms with Crippen LogP contribution in [0.25, 0.3) is 0 Å². The second-order valence-electron chi connectivity index (χ2n) is 6.70. The predicted molar refractivity (Wildman–Crippen MR) is 84.9 cm³/mol. The molecule has 0 N–H and O–H groups in total. The van der Waals surface area contributed by atoms with Gasteiger partial charge in [0.2, 0.25) is 5.91 Å². The molecule has 1 aromatic carbocycles. The number of allylic oxidation sites excluding steroid dienone is 2. The molecule has 5 rings (SSSR count). The summed E-state index contributed by atoms with van der Waals surface area (Å²) in [7, 11) is 0. The van der Waals surface area contributed by atoms with E-state index in [0.29, 0.717) is 17.8 Å². The number of anilines is 1. The Kier molecular flexibility index (Phi) is 2.81. The fourth-order valence-electron chi connectivity index (χ4n) is 4.17. The average molecular weight is 279 g/mol. The van der Waals surface area contributed by atoms with Crippen LogP contribution in [0, 0.1) is 23.2 Å². The van der Waals surface area contributed by atoms with Crippen molar-refractivity contribution in [2.75, 3.05) is 11.4 Å². The van der Waals surface area contributed by atoms with Gasteiger partial charge in [0.25, 0.3) is 0 Å². The number of nitrogens with zero attached hydrogens (tertiary/aromatic N) is 1. The van der Waals surface area contributed by atoms with Crippen molar-refractivity contribution in [1.29, 1.82) is 0 Å². The minimum atomic E-state index is -0.289. The van der Waals surface area contributed by atoms with E-state index in [2.05, 4.69) is 31.2 Å². The van der Waals surface area contributed by atoms with Gasteiger partial charge in [0.15, 0.2) is 0 Å². The van der Waals surface area contributed by atoms with Crippen molar-refractivity contribution >= 4 is 11.6 Å². The van der Waals surface area contributed by atoms with E-state index in [9.17, 15) is 4.79 Å². The minimum absolute atomic E-state index is 0.285. The van der Waals surface area contributed by atoms with Crippen LogP contribution in [-0.2, 0) is 4.79 Å². The molecule has 3 aliphatic carbocycles. The Morgan fingerprint density at radius 1 is 1.14 bits per heavy atom. The molecule has 2 bridgehead atoms. The highest BCUT2D eigenvalue weighted by molar-refractivity contribution is 6.02. The first-order valence-corrected chi connectivity index (χ1v) is 7.95. The monoisotopic (exact) mass is 279 g/mol. The van der Waals surface area contributed by atoms with Crippen LogP contribution in [-0.4, -0.2) is 12.5 Å². The number of carbonyl (C=O) groups is 1. The summed E-state index contributed by atoms with van der Waals surface area (Å²) in [6, 6.07) is 10.1. The Balaban J connectivity index is 1.76. The van der Waals surface area contributed by atoms with Gasteiger partial charge in [-0.25, -0.2) is 0 Å². The molecule has 1 aliphatic heterocycles. The summed E-state index contributed by atoms with van der Waals surface area (Å²) in [5.41, 5.74) is 0.740. The summed E-state index contributed by atoms with van der Waals surface area (Å²) in [5.74, 6) is 1.78. The van der Waals surface area contributed by atoms with E-state index in [1.54, 1.807) is 0 Å². The molecule has 4 atom stereocenters. The van der Waals surface area contributed by atoms with E-state index < -0.39 is 0 Å². The Bertz CT molecular complexity index is 618. The van der Waals surface area contributed by atoms with Gasteiger partial charge in [-0.2, -0.15) is 0 Å². The van der Waals surface area contributed by atoms with Crippen LogP contribution in [0.5, 0.6) is 0 Å². The number of rotatable bonds is 1. The molecule has 0 unspecified atom stereocenters. The number of para-hydroxylation sites is 1. The lowest BCUT2D eigenvalue weighted by atomic mass is 9.65. The van der Waals surface area contributed by atoms with Gasteiger partial charge >= 0.3 is 0 Å². The van der Waals surface area contributed by atoms with Gasteiger partial charge in [-0.05, 0) is 36.8 Å². The maximum absolute atomic E-state index is 13.1. The van der Waals surface area contributed by atoms with Crippen molar-refractivity contribution in [2.24, 2.45) is 23.2 Å². The second-order valence-corrected chi connectivity index (χ2v) is 6.70. The van der Waals surface area contributed by atoms with Gasteiger partial charge in [0, 0.05) is 18.2 Å². The SMILES string of the molecule is C[C@@H]1C=C[C@@H]2CN(c3ccccc3)C(=O)[C@]23C=C[C@H]1CC3. The molecular weight excluding hydrogens is 258 g/mol. The summed E-state index contributed by atoms with van der Waals surface area (Å²) in [6.07, 6.45) is 11.3. The Morgan fingerprint density at radius 2 is 1.95 bits per heavy atom. The van der Waals surface area contributed by atoms with Crippen molar-refractivity contribution in [3.05, 3.63) is 54.6 Å². The predicted octanol–water partition coefficient (Wildman–Crippen LogP) is 3.81. The van der Waals surface area contributed by atoms with E-state index in [4.69, 9.17) is 0 Å². The highest BCUT2D eigenvalue weighted by Crippen LogP contribution is 2.50. The smallest absolute Gasteiger partial charge is 0.237 e. The molecule has 2 nitrogen and oxygen atoms in total. The zero-order valence-corrected chi connectivity index (χ0v) is 12.4. The maximum atomic E-state index is 13.1. The molecule has 1 heterocycles. The van der Waals surface area contributed by atoms with E-state index in [-0.39, 0.29) is 11.3 Å². The summed E-state index contributed by atoms with van der Waals surface area (Å²) < 4.78 is 0. The minimum Gasteiger partial charge on any atom is -0.311 e. The van der Waals surface area contributed by atoms with E-state index in [1.165, 1.54) is 0 Å². The number of hydrogen-bond acceptors (Lipinski definition) is 1. The molecule has 21 heavy (non-hydrogen) atoms. The molecule has 4 aliphatic rings. The highest BCUT2D eigenvalue weighted by Gasteiger charge is 2.53. The van der Waals surface area contributed by atoms with Crippen LogP contribution in [0.4, 0.5) is 5.69 Å². The average Bonchev–Trinajstić information content (AvgIpc) is 2.77. The normalized spacial score (nSPS) is 37.5. The van der Waals surface area contributed by atoms with Crippen molar-refractivity contribution in [1.82, 2.24) is 0 Å². The van der Waals surface area contributed by atoms with E-state index in [0.717, 1.165) is 25.1 Å². The Hall–Kier alpha value is -1.83. The van der Waals surface area contributed by atoms with Crippen molar-refractivity contribution in [3.8, 4) is 0 Å². The van der Waals surface area contributed by atoms with E-state index >= 15 is 0 Å². The van der Waals surface area contributed by atoms with Gasteiger partial charge in [0.05, 0.1) is 5.41 Å². The third-order valence-corrected chi connectivity index (χ3v) is 5.61. The van der Waals surface area contributed by atoms with Crippen molar-refractivity contribution in [3.63, 3.8) is 0 Å². The maximum Gasteiger partial charge on any atom is 0.237 e. The largest absolute Gasteiger partial charge is 0.311 e. The number of fused-ring (bicyclic) bond motifs is 2. The second kappa shape index (κ2) is 4.59. The Morgan fingerprint density at radius 3 is 2.67 bits per heavy atom. The molecule has 0 saturated carbocycles. The van der Waals surface area contributed by atoms with Crippen molar-refractivity contribution < 1.29 is 4.79 Å². The first kappa shape index (κ1) is 12.9. The zero-order chi connectivity index (χ0) is 14.4. The molecule has 1 aromatic rings. The van der Waals surface area contributed by atoms with Crippen LogP contribution in [0.15, 0.2) is 54.6 Å². The van der Waals surface area contributed by atoms with Gasteiger partial charge in [-0.15, -0.1) is 0 Å². The third-order valence-electron chi connectivity index (χ3n) is 5.61. The lowest BCUT2D eigenvalue weighted by molar-refractivity contribution is -0.124. The molecule has 0 aromatic heterocycles. The number of hydrogen-bond donors (Lipinski definition) is 0. The molecule has 1 saturated heterocycles. The first-order valence-electron chi connectivity index (χ1n) is 7.95. The van der Waals surface area contributed by atoms with Crippen LogP contribution in [0.3, 0.4) is 0 Å². The number of benzene rings is 1. The third kappa shape index (κ3) is 1.81. The van der Waals surface area contributed by atoms with E-state index in [1.807, 2.05) is 35.2 Å². The highest BCUT2D eigenvalue weighted by atomic mass is 16.2. The van der Waals surface area contributed by atoms with Gasteiger partial charge < -0.3 is 4.90 Å². The lowest BCUT2D eigenvalue weighted by Gasteiger charge is -2.37. The molecule has 2 heteroatoms. The lowest BCUT2D eigenvalue weighted by Crippen LogP contribution is -2.38. The molecule has 1 amide bonds. The fraction of sp³-hybridized carbons (Fsp3) is 0.421. The molecule has 1 fully saturated rings. The topological polar surface area (TPSA) is 20.3 Å². The molecular formula is C19H21NO. The van der Waals surface area contributed by atoms with Crippen LogP contribution in [0.2, 0.25) is 0 Å². The molecule has 1 spiro atoms. The molecule has 0 radical (unpaired) electrons. The summed E-state index contributed by atoms with van der Waals surface area (Å²) >= 11 is 0. The quantitative estimate of drug-likeness (QED) is 0.716. The summed E-state index contributed by atoms with van der Waals surface area (Å²) in [6.45, 7) is 3.09. The Labute approximate surface area is 126 Å². The van der Waals surface area contributed by atoms with Crippen LogP contribution < -0.4 is 4.90 Å². The molecule has 108 valence electrons. The number of amides is 1. The van der Waals surface area contributed by atoms with Crippen molar-refractivity contribution in [2.45, 2.75) is 19.8 Å². The number of carbonyl (C=O) groups excluding carboxylic acids is 1. The zero-order valence-electron chi connectivity index (χ0n) is 12.4. The fourth-order valence-corrected chi connectivity index (χ4v) is 4.17. The summed E-state index contributed by atoms with van der Waals surface area (Å²) in [4.78, 5) is 15.1. The summed E-state index contributed by atoms with van der Waals surface area (Å²) in [5, 5.41) is 0. The van der Waals surface area contributed by atoms with Gasteiger partial charge in [-0.3, -0.25) is 4.79 Å².